The molecule has 16 heavy (non-hydrogen) atoms. The van der Waals surface area contributed by atoms with Gasteiger partial charge >= 0.3 is 0 Å². The lowest BCUT2D eigenvalue weighted by atomic mass is 10.3. The van der Waals surface area contributed by atoms with E-state index in [1.165, 1.54) is 12.8 Å². The Bertz CT molecular complexity index is 541. The van der Waals surface area contributed by atoms with Gasteiger partial charge in [-0.05, 0) is 31.9 Å². The smallest absolute Gasteiger partial charge is 0.128 e. The normalized spacial score (nSPS) is 17.9. The first-order valence-corrected chi connectivity index (χ1v) is 6.30. The van der Waals surface area contributed by atoms with E-state index < -0.39 is 0 Å². The number of fused-ring (bicyclic) bond motifs is 1. The molecule has 0 spiro atoms. The Labute approximate surface area is 104 Å². The summed E-state index contributed by atoms with van der Waals surface area (Å²) in [6, 6.07) is 6.37. The molecular formula is C12H12Cl2N2. The van der Waals surface area contributed by atoms with Crippen LogP contribution >= 0.6 is 23.2 Å². The second kappa shape index (κ2) is 3.64. The van der Waals surface area contributed by atoms with Gasteiger partial charge in [-0.2, -0.15) is 0 Å². The maximum absolute atomic E-state index is 6.25. The predicted octanol–water partition coefficient (Wildman–Crippen LogP) is 4.32. The van der Waals surface area contributed by atoms with E-state index in [4.69, 9.17) is 23.2 Å². The zero-order valence-corrected chi connectivity index (χ0v) is 10.5. The number of rotatable bonds is 2. The number of aromatic nitrogens is 2. The monoisotopic (exact) mass is 254 g/mol. The quantitative estimate of drug-likeness (QED) is 0.730. The van der Waals surface area contributed by atoms with Crippen LogP contribution in [0.4, 0.5) is 0 Å². The first-order chi connectivity index (χ1) is 7.68. The number of para-hydroxylation sites is 1. The SMILES string of the molecule is CC(Cl)c1nc2cccc(Cl)c2n1C1CC1. The molecule has 1 aliphatic rings. The molecule has 84 valence electrons. The van der Waals surface area contributed by atoms with E-state index in [9.17, 15) is 0 Å². The Hall–Kier alpha value is -0.730. The van der Waals surface area contributed by atoms with Crippen molar-refractivity contribution >= 4 is 34.2 Å². The highest BCUT2D eigenvalue weighted by Gasteiger charge is 2.30. The van der Waals surface area contributed by atoms with E-state index >= 15 is 0 Å². The molecule has 1 aromatic carbocycles. The highest BCUT2D eigenvalue weighted by Crippen LogP contribution is 2.42. The molecule has 0 saturated heterocycles. The minimum atomic E-state index is -0.0796. The number of nitrogens with zero attached hydrogens (tertiary/aromatic N) is 2. The van der Waals surface area contributed by atoms with Crippen molar-refractivity contribution in [3.8, 4) is 0 Å². The van der Waals surface area contributed by atoms with Crippen molar-refractivity contribution in [2.24, 2.45) is 0 Å². The van der Waals surface area contributed by atoms with Gasteiger partial charge in [-0.25, -0.2) is 4.98 Å². The van der Waals surface area contributed by atoms with E-state index in [1.807, 2.05) is 25.1 Å². The van der Waals surface area contributed by atoms with Crippen LogP contribution in [0.1, 0.15) is 37.0 Å². The van der Waals surface area contributed by atoms with Gasteiger partial charge in [0.05, 0.1) is 21.4 Å². The molecule has 1 aliphatic carbocycles. The third-order valence-electron chi connectivity index (χ3n) is 2.96. The second-order valence-corrected chi connectivity index (χ2v) is 5.36. The van der Waals surface area contributed by atoms with Gasteiger partial charge in [0.2, 0.25) is 0 Å². The fourth-order valence-electron chi connectivity index (χ4n) is 2.11. The maximum Gasteiger partial charge on any atom is 0.128 e. The van der Waals surface area contributed by atoms with Crippen molar-refractivity contribution in [3.05, 3.63) is 29.0 Å². The number of hydrogen-bond donors (Lipinski definition) is 0. The first-order valence-electron chi connectivity index (χ1n) is 5.49. The molecule has 0 amide bonds. The average molecular weight is 255 g/mol. The van der Waals surface area contributed by atoms with Crippen LogP contribution in [0.25, 0.3) is 11.0 Å². The molecule has 0 aliphatic heterocycles. The fourth-order valence-corrected chi connectivity index (χ4v) is 2.52. The third-order valence-corrected chi connectivity index (χ3v) is 3.46. The summed E-state index contributed by atoms with van der Waals surface area (Å²) in [4.78, 5) is 4.58. The minimum absolute atomic E-state index is 0.0796. The van der Waals surface area contributed by atoms with E-state index in [1.54, 1.807) is 0 Å². The summed E-state index contributed by atoms with van der Waals surface area (Å²) in [5.41, 5.74) is 1.98. The molecule has 4 heteroatoms. The lowest BCUT2D eigenvalue weighted by Crippen LogP contribution is -2.02. The summed E-state index contributed by atoms with van der Waals surface area (Å²) in [6.07, 6.45) is 2.40. The van der Waals surface area contributed by atoms with Gasteiger partial charge in [0.25, 0.3) is 0 Å². The molecule has 2 aromatic rings. The van der Waals surface area contributed by atoms with Gasteiger partial charge < -0.3 is 4.57 Å². The van der Waals surface area contributed by atoms with Gasteiger partial charge in [-0.1, -0.05) is 17.7 Å². The summed E-state index contributed by atoms with van der Waals surface area (Å²) < 4.78 is 2.22. The second-order valence-electron chi connectivity index (χ2n) is 4.29. The van der Waals surface area contributed by atoms with Gasteiger partial charge in [0.1, 0.15) is 5.82 Å². The van der Waals surface area contributed by atoms with Gasteiger partial charge in [-0.3, -0.25) is 0 Å². The number of imidazole rings is 1. The van der Waals surface area contributed by atoms with Crippen LogP contribution in [0.3, 0.4) is 0 Å². The number of halogens is 2. The molecule has 1 fully saturated rings. The minimum Gasteiger partial charge on any atom is -0.322 e. The molecule has 3 rings (SSSR count). The molecule has 1 atom stereocenters. The van der Waals surface area contributed by atoms with Crippen molar-refractivity contribution < 1.29 is 0 Å². The lowest BCUT2D eigenvalue weighted by Gasteiger charge is -2.09. The Morgan fingerprint density at radius 1 is 1.44 bits per heavy atom. The number of alkyl halides is 1. The van der Waals surface area contributed by atoms with Crippen molar-refractivity contribution in [2.75, 3.05) is 0 Å². The topological polar surface area (TPSA) is 17.8 Å². The zero-order chi connectivity index (χ0) is 11.3. The highest BCUT2D eigenvalue weighted by molar-refractivity contribution is 6.35. The summed E-state index contributed by atoms with van der Waals surface area (Å²) in [5, 5.41) is 0.685. The molecule has 1 heterocycles. The Morgan fingerprint density at radius 3 is 2.81 bits per heavy atom. The Balaban J connectivity index is 2.34. The number of benzene rings is 1. The summed E-state index contributed by atoms with van der Waals surface area (Å²) in [6.45, 7) is 1.95. The van der Waals surface area contributed by atoms with Crippen LogP contribution in [0.2, 0.25) is 5.02 Å². The van der Waals surface area contributed by atoms with Crippen LogP contribution in [-0.4, -0.2) is 9.55 Å². The summed E-state index contributed by atoms with van der Waals surface area (Å²) in [7, 11) is 0. The zero-order valence-electron chi connectivity index (χ0n) is 8.95. The predicted molar refractivity (Wildman–Crippen MR) is 67.3 cm³/mol. The highest BCUT2D eigenvalue weighted by atomic mass is 35.5. The summed E-state index contributed by atoms with van der Waals surface area (Å²) in [5.74, 6) is 0.937. The van der Waals surface area contributed by atoms with E-state index in [0.29, 0.717) is 6.04 Å². The van der Waals surface area contributed by atoms with Gasteiger partial charge in [0.15, 0.2) is 0 Å². The number of hydrogen-bond acceptors (Lipinski definition) is 1. The van der Waals surface area contributed by atoms with Gasteiger partial charge in [0, 0.05) is 6.04 Å². The average Bonchev–Trinajstić information content (AvgIpc) is 2.99. The van der Waals surface area contributed by atoms with Crippen molar-refractivity contribution in [2.45, 2.75) is 31.2 Å². The third kappa shape index (κ3) is 1.52. The molecule has 0 radical (unpaired) electrons. The van der Waals surface area contributed by atoms with Crippen LogP contribution in [0.15, 0.2) is 18.2 Å². The largest absolute Gasteiger partial charge is 0.322 e. The molecule has 0 bridgehead atoms. The first kappa shape index (κ1) is 10.4. The summed E-state index contributed by atoms with van der Waals surface area (Å²) >= 11 is 12.4. The van der Waals surface area contributed by atoms with E-state index in [-0.39, 0.29) is 5.38 Å². The standard InChI is InChI=1S/C12H12Cl2N2/c1-7(13)12-15-10-4-2-3-9(14)11(10)16(12)8-5-6-8/h2-4,7-8H,5-6H2,1H3. The molecule has 1 unspecified atom stereocenters. The molecule has 1 aromatic heterocycles. The van der Waals surface area contributed by atoms with Crippen LogP contribution < -0.4 is 0 Å². The molecule has 2 nitrogen and oxygen atoms in total. The van der Waals surface area contributed by atoms with Gasteiger partial charge in [-0.15, -0.1) is 11.6 Å². The Kier molecular flexibility index (Phi) is 2.37. The Morgan fingerprint density at radius 2 is 2.19 bits per heavy atom. The lowest BCUT2D eigenvalue weighted by molar-refractivity contribution is 0.700. The molecular weight excluding hydrogens is 243 g/mol. The van der Waals surface area contributed by atoms with E-state index in [0.717, 1.165) is 21.9 Å². The fraction of sp³-hybridized carbons (Fsp3) is 0.417. The molecule has 1 saturated carbocycles. The van der Waals surface area contributed by atoms with Crippen molar-refractivity contribution in [3.63, 3.8) is 0 Å². The maximum atomic E-state index is 6.25. The van der Waals surface area contributed by atoms with Crippen molar-refractivity contribution in [1.82, 2.24) is 9.55 Å². The van der Waals surface area contributed by atoms with Crippen LogP contribution in [0, 0.1) is 0 Å². The van der Waals surface area contributed by atoms with Crippen LogP contribution in [-0.2, 0) is 0 Å². The van der Waals surface area contributed by atoms with Crippen LogP contribution in [0.5, 0.6) is 0 Å². The van der Waals surface area contributed by atoms with Crippen molar-refractivity contribution in [1.29, 1.82) is 0 Å². The van der Waals surface area contributed by atoms with E-state index in [2.05, 4.69) is 9.55 Å². The molecule has 0 N–H and O–H groups in total.